The van der Waals surface area contributed by atoms with Crippen molar-refractivity contribution in [2.75, 3.05) is 0 Å². The lowest BCUT2D eigenvalue weighted by atomic mass is 10.4. The van der Waals surface area contributed by atoms with E-state index in [-0.39, 0.29) is 0 Å². The minimum absolute atomic E-state index is 0.490. The summed E-state index contributed by atoms with van der Waals surface area (Å²) < 4.78 is 0. The SMILES string of the molecule is Clc1cc(Cl)cc(Cl)c1.Clc1ccc(Cl)c(Cl)c1.Clc1ccccc1Cl. The predicted molar refractivity (Wildman–Crippen MR) is 119 cm³/mol. The molecular weight excluding hydrogens is 500 g/mol. The Morgan fingerprint density at radius 1 is 0.346 bits per heavy atom. The molecule has 0 N–H and O–H groups in total. The highest BCUT2D eigenvalue weighted by Crippen LogP contribution is 2.24. The summed E-state index contributed by atoms with van der Waals surface area (Å²) in [5.41, 5.74) is 0. The van der Waals surface area contributed by atoms with Crippen LogP contribution in [0.25, 0.3) is 0 Å². The molecule has 0 saturated heterocycles. The van der Waals surface area contributed by atoms with E-state index in [9.17, 15) is 0 Å². The van der Waals surface area contributed by atoms with E-state index in [1.54, 1.807) is 48.5 Å². The maximum absolute atomic E-state index is 5.60. The molecule has 0 amide bonds. The van der Waals surface area contributed by atoms with E-state index < -0.39 is 0 Å². The number of hydrogen-bond donors (Lipinski definition) is 0. The van der Waals surface area contributed by atoms with Gasteiger partial charge >= 0.3 is 0 Å². The summed E-state index contributed by atoms with van der Waals surface area (Å²) in [6.45, 7) is 0. The van der Waals surface area contributed by atoms with Crippen LogP contribution in [0.5, 0.6) is 0 Å². The number of rotatable bonds is 0. The molecule has 0 aliphatic heterocycles. The molecule has 0 spiro atoms. The van der Waals surface area contributed by atoms with Crippen molar-refractivity contribution in [1.29, 1.82) is 0 Å². The van der Waals surface area contributed by atoms with Gasteiger partial charge in [-0.15, -0.1) is 0 Å². The lowest BCUT2D eigenvalue weighted by molar-refractivity contribution is 1.70. The highest BCUT2D eigenvalue weighted by molar-refractivity contribution is 6.43. The number of halogens is 8. The molecule has 0 aliphatic carbocycles. The van der Waals surface area contributed by atoms with E-state index in [0.717, 1.165) is 0 Å². The second-order valence-electron chi connectivity index (χ2n) is 4.56. The summed E-state index contributed by atoms with van der Waals surface area (Å²) in [6.07, 6.45) is 0. The Morgan fingerprint density at radius 3 is 1.04 bits per heavy atom. The van der Waals surface area contributed by atoms with E-state index in [2.05, 4.69) is 0 Å². The van der Waals surface area contributed by atoms with Crippen molar-refractivity contribution in [3.8, 4) is 0 Å². The van der Waals surface area contributed by atoms with Crippen molar-refractivity contribution < 1.29 is 0 Å². The molecule has 0 aromatic heterocycles. The number of hydrogen-bond acceptors (Lipinski definition) is 0. The average Bonchev–Trinajstić information content (AvgIpc) is 2.54. The standard InChI is InChI=1S/2C6H3Cl3.C6H4Cl2/c7-4-1-5(8)3-6(9)2-4;7-4-1-2-5(8)6(9)3-4;7-5-3-1-2-4-6(5)8/h2*1-3H;1-4H. The second-order valence-corrected chi connectivity index (χ2v) is 7.93. The van der Waals surface area contributed by atoms with Gasteiger partial charge in [-0.05, 0) is 48.5 Å². The third-order valence-electron chi connectivity index (χ3n) is 2.53. The third-order valence-corrected chi connectivity index (χ3v) is 4.92. The molecule has 0 fully saturated rings. The van der Waals surface area contributed by atoms with Crippen LogP contribution in [0.15, 0.2) is 60.7 Å². The van der Waals surface area contributed by atoms with Gasteiger partial charge in [0.2, 0.25) is 0 Å². The van der Waals surface area contributed by atoms with Crippen molar-refractivity contribution in [3.05, 3.63) is 101 Å². The molecule has 0 aliphatic rings. The van der Waals surface area contributed by atoms with Crippen molar-refractivity contribution >= 4 is 92.8 Å². The van der Waals surface area contributed by atoms with Gasteiger partial charge in [0, 0.05) is 20.1 Å². The molecule has 0 heterocycles. The molecule has 0 saturated carbocycles. The fraction of sp³-hybridized carbons (Fsp3) is 0. The minimum Gasteiger partial charge on any atom is -0.0843 e. The fourth-order valence-corrected chi connectivity index (χ4v) is 3.10. The Morgan fingerprint density at radius 2 is 0.731 bits per heavy atom. The molecule has 26 heavy (non-hydrogen) atoms. The molecular formula is C18H10Cl8. The van der Waals surface area contributed by atoms with Crippen molar-refractivity contribution in [3.63, 3.8) is 0 Å². The first-order valence-electron chi connectivity index (χ1n) is 6.81. The summed E-state index contributed by atoms with van der Waals surface area (Å²) in [4.78, 5) is 0. The molecule has 8 heteroatoms. The summed E-state index contributed by atoms with van der Waals surface area (Å²) in [5.74, 6) is 0. The Labute approximate surface area is 192 Å². The monoisotopic (exact) mass is 506 g/mol. The highest BCUT2D eigenvalue weighted by Gasteiger charge is 1.95. The van der Waals surface area contributed by atoms with E-state index in [0.29, 0.717) is 40.2 Å². The van der Waals surface area contributed by atoms with Crippen LogP contribution in [0.1, 0.15) is 0 Å². The van der Waals surface area contributed by atoms with Gasteiger partial charge in [-0.25, -0.2) is 0 Å². The summed E-state index contributed by atoms with van der Waals surface area (Å²) in [5, 5.41) is 4.52. The van der Waals surface area contributed by atoms with Gasteiger partial charge in [0.25, 0.3) is 0 Å². The van der Waals surface area contributed by atoms with Gasteiger partial charge in [-0.2, -0.15) is 0 Å². The minimum atomic E-state index is 0.490. The maximum atomic E-state index is 5.60. The topological polar surface area (TPSA) is 0 Å². The van der Waals surface area contributed by atoms with Gasteiger partial charge in [0.05, 0.1) is 20.1 Å². The molecule has 3 rings (SSSR count). The molecule has 138 valence electrons. The first-order valence-corrected chi connectivity index (χ1v) is 9.83. The zero-order valence-electron chi connectivity index (χ0n) is 12.8. The van der Waals surface area contributed by atoms with Crippen molar-refractivity contribution in [1.82, 2.24) is 0 Å². The Kier molecular flexibility index (Phi) is 11.5. The molecule has 0 atom stereocenters. The maximum Gasteiger partial charge on any atom is 0.0607 e. The molecule has 0 nitrogen and oxygen atoms in total. The smallest absolute Gasteiger partial charge is 0.0607 e. The van der Waals surface area contributed by atoms with Gasteiger partial charge in [0.1, 0.15) is 0 Å². The highest BCUT2D eigenvalue weighted by atomic mass is 35.5. The lowest BCUT2D eigenvalue weighted by Gasteiger charge is -1.92. The van der Waals surface area contributed by atoms with Crippen molar-refractivity contribution in [2.45, 2.75) is 0 Å². The van der Waals surface area contributed by atoms with Crippen LogP contribution in [0.4, 0.5) is 0 Å². The lowest BCUT2D eigenvalue weighted by Crippen LogP contribution is -1.66. The van der Waals surface area contributed by atoms with Crippen LogP contribution in [0, 0.1) is 0 Å². The predicted octanol–water partition coefficient (Wildman–Crippen LogP) is 10.3. The third kappa shape index (κ3) is 9.78. The summed E-state index contributed by atoms with van der Waals surface area (Å²) in [7, 11) is 0. The molecule has 3 aromatic rings. The van der Waals surface area contributed by atoms with Gasteiger partial charge in [-0.3, -0.25) is 0 Å². The summed E-state index contributed by atoms with van der Waals surface area (Å²) in [6, 6.07) is 17.0. The van der Waals surface area contributed by atoms with Gasteiger partial charge in [-0.1, -0.05) is 105 Å². The van der Waals surface area contributed by atoms with Crippen molar-refractivity contribution in [2.24, 2.45) is 0 Å². The fourth-order valence-electron chi connectivity index (χ4n) is 1.43. The van der Waals surface area contributed by atoms with Crippen LogP contribution in [0.3, 0.4) is 0 Å². The van der Waals surface area contributed by atoms with E-state index in [4.69, 9.17) is 92.8 Å². The molecule has 0 radical (unpaired) electrons. The quantitative estimate of drug-likeness (QED) is 0.264. The normalized spacial score (nSPS) is 9.54. The summed E-state index contributed by atoms with van der Waals surface area (Å²) >= 11 is 44.7. The van der Waals surface area contributed by atoms with Crippen LogP contribution in [-0.4, -0.2) is 0 Å². The van der Waals surface area contributed by atoms with E-state index in [1.807, 2.05) is 12.1 Å². The Hall–Kier alpha value is -0.0200. The molecule has 0 bridgehead atoms. The van der Waals surface area contributed by atoms with Gasteiger partial charge < -0.3 is 0 Å². The van der Waals surface area contributed by atoms with Crippen LogP contribution in [0.2, 0.25) is 40.2 Å². The van der Waals surface area contributed by atoms with Gasteiger partial charge in [0.15, 0.2) is 0 Å². The Bertz CT molecular complexity index is 777. The average molecular weight is 510 g/mol. The largest absolute Gasteiger partial charge is 0.0843 e. The van der Waals surface area contributed by atoms with Crippen LogP contribution >= 0.6 is 92.8 Å². The zero-order valence-corrected chi connectivity index (χ0v) is 18.8. The van der Waals surface area contributed by atoms with Crippen LogP contribution < -0.4 is 0 Å². The number of benzene rings is 3. The van der Waals surface area contributed by atoms with E-state index in [1.165, 1.54) is 0 Å². The van der Waals surface area contributed by atoms with E-state index >= 15 is 0 Å². The first kappa shape index (κ1) is 24.0. The van der Waals surface area contributed by atoms with Crippen LogP contribution in [-0.2, 0) is 0 Å². The Balaban J connectivity index is 0.000000195. The molecule has 3 aromatic carbocycles. The molecule has 0 unspecified atom stereocenters. The zero-order chi connectivity index (χ0) is 19.7. The first-order chi connectivity index (χ1) is 12.2. The second kappa shape index (κ2) is 12.4.